The summed E-state index contributed by atoms with van der Waals surface area (Å²) in [7, 11) is -3.72. The van der Waals surface area contributed by atoms with E-state index in [9.17, 15) is 17.6 Å². The summed E-state index contributed by atoms with van der Waals surface area (Å²) in [6.45, 7) is 1.19. The number of sulfonamides is 1. The van der Waals surface area contributed by atoms with Crippen LogP contribution in [0, 0.1) is 5.82 Å². The highest BCUT2D eigenvalue weighted by Crippen LogP contribution is 2.27. The van der Waals surface area contributed by atoms with E-state index in [0.29, 0.717) is 18.8 Å². The molecule has 0 unspecified atom stereocenters. The number of amides is 2. The third kappa shape index (κ3) is 5.54. The number of carbonyl (C=O) groups excluding carboxylic acids is 1. The predicted octanol–water partition coefficient (Wildman–Crippen LogP) is 3.29. The lowest BCUT2D eigenvalue weighted by molar-refractivity contribution is 0.0730. The highest BCUT2D eigenvalue weighted by Gasteiger charge is 2.27. The molecule has 0 aromatic heterocycles. The van der Waals surface area contributed by atoms with Gasteiger partial charge in [0, 0.05) is 19.3 Å². The van der Waals surface area contributed by atoms with E-state index < -0.39 is 16.1 Å². The summed E-state index contributed by atoms with van der Waals surface area (Å²) >= 11 is 6.09. The summed E-state index contributed by atoms with van der Waals surface area (Å²) in [5.74, 6) is -0.387. The van der Waals surface area contributed by atoms with Crippen LogP contribution < -0.4 is 10.6 Å². The molecule has 154 valence electrons. The summed E-state index contributed by atoms with van der Waals surface area (Å²) in [6, 6.07) is 9.34. The van der Waals surface area contributed by atoms with Crippen molar-refractivity contribution in [2.24, 2.45) is 0 Å². The van der Waals surface area contributed by atoms with Crippen LogP contribution in [0.1, 0.15) is 5.56 Å². The molecule has 2 aromatic rings. The minimum Gasteiger partial charge on any atom is -0.379 e. The number of nitrogens with zero attached hydrogens (tertiary/aromatic N) is 1. The van der Waals surface area contributed by atoms with E-state index in [-0.39, 0.29) is 34.5 Å². The van der Waals surface area contributed by atoms with Crippen LogP contribution in [0.4, 0.5) is 14.9 Å². The van der Waals surface area contributed by atoms with Crippen LogP contribution in [0.2, 0.25) is 5.02 Å². The molecule has 3 rings (SSSR count). The molecule has 7 nitrogen and oxygen atoms in total. The van der Waals surface area contributed by atoms with Gasteiger partial charge in [0.2, 0.25) is 10.0 Å². The van der Waals surface area contributed by atoms with Gasteiger partial charge in [-0.25, -0.2) is 17.6 Å². The minimum absolute atomic E-state index is 0.0226. The predicted molar refractivity (Wildman–Crippen MR) is 109 cm³/mol. The van der Waals surface area contributed by atoms with E-state index in [1.165, 1.54) is 46.9 Å². The molecule has 29 heavy (non-hydrogen) atoms. The van der Waals surface area contributed by atoms with Gasteiger partial charge in [0.25, 0.3) is 0 Å². The van der Waals surface area contributed by atoms with Crippen molar-refractivity contribution in [1.82, 2.24) is 9.62 Å². The molecule has 2 aromatic carbocycles. The summed E-state index contributed by atoms with van der Waals surface area (Å²) in [5, 5.41) is 5.16. The number of anilines is 1. The van der Waals surface area contributed by atoms with Gasteiger partial charge < -0.3 is 15.4 Å². The Morgan fingerprint density at radius 2 is 1.93 bits per heavy atom. The van der Waals surface area contributed by atoms with Crippen molar-refractivity contribution in [3.05, 3.63) is 65.1 Å². The number of carbonyl (C=O) groups is 1. The van der Waals surface area contributed by atoms with E-state index in [4.69, 9.17) is 16.3 Å². The standard InChI is InChI=1S/C19H19ClFN3O4S/c20-17-5-4-16(29(26,27)24-8-10-28-11-9-24)13-18(17)23-19(25)22-7-6-14-2-1-3-15(21)12-14/h1-7,12-13H,8-11H2,(H2,22,23,25)/b7-6+. The number of nitrogens with one attached hydrogen (secondary N) is 2. The number of hydrogen-bond donors (Lipinski definition) is 2. The molecular weight excluding hydrogens is 421 g/mol. The van der Waals surface area contributed by atoms with Crippen molar-refractivity contribution < 1.29 is 22.3 Å². The van der Waals surface area contributed by atoms with Crippen molar-refractivity contribution in [2.45, 2.75) is 4.90 Å². The first kappa shape index (κ1) is 21.3. The van der Waals surface area contributed by atoms with Crippen LogP contribution in [0.15, 0.2) is 53.6 Å². The number of benzene rings is 2. The summed E-state index contributed by atoms with van der Waals surface area (Å²) in [6.07, 6.45) is 2.86. The molecule has 1 saturated heterocycles. The van der Waals surface area contributed by atoms with Gasteiger partial charge >= 0.3 is 6.03 Å². The van der Waals surface area contributed by atoms with Crippen molar-refractivity contribution in [3.8, 4) is 0 Å². The average Bonchev–Trinajstić information content (AvgIpc) is 2.70. The van der Waals surface area contributed by atoms with Crippen LogP contribution in [0.3, 0.4) is 0 Å². The first-order valence-electron chi connectivity index (χ1n) is 8.73. The molecule has 0 atom stereocenters. The number of halogens is 2. The first-order valence-corrected chi connectivity index (χ1v) is 10.6. The second kappa shape index (κ2) is 9.36. The molecule has 10 heteroatoms. The SMILES string of the molecule is O=C(N/C=C/c1cccc(F)c1)Nc1cc(S(=O)(=O)N2CCOCC2)ccc1Cl. The zero-order valence-corrected chi connectivity index (χ0v) is 16.8. The Kier molecular flexibility index (Phi) is 6.86. The molecule has 1 aliphatic heterocycles. The lowest BCUT2D eigenvalue weighted by atomic mass is 10.2. The number of hydrogen-bond acceptors (Lipinski definition) is 4. The smallest absolute Gasteiger partial charge is 0.323 e. The van der Waals surface area contributed by atoms with E-state index in [0.717, 1.165) is 0 Å². The van der Waals surface area contributed by atoms with Crippen molar-refractivity contribution in [1.29, 1.82) is 0 Å². The number of ether oxygens (including phenoxy) is 1. The van der Waals surface area contributed by atoms with Crippen LogP contribution in [0.25, 0.3) is 6.08 Å². The molecule has 1 aliphatic rings. The van der Waals surface area contributed by atoms with Crippen molar-refractivity contribution in [3.63, 3.8) is 0 Å². The van der Waals surface area contributed by atoms with E-state index in [1.807, 2.05) is 0 Å². The molecule has 0 bridgehead atoms. The number of rotatable bonds is 5. The fraction of sp³-hybridized carbons (Fsp3) is 0.211. The molecule has 1 fully saturated rings. The van der Waals surface area contributed by atoms with Crippen LogP contribution in [-0.2, 0) is 14.8 Å². The molecule has 2 amide bonds. The van der Waals surface area contributed by atoms with Gasteiger partial charge in [-0.2, -0.15) is 4.31 Å². The summed E-state index contributed by atoms with van der Waals surface area (Å²) in [4.78, 5) is 12.1. The van der Waals surface area contributed by atoms with Crippen molar-refractivity contribution in [2.75, 3.05) is 31.6 Å². The molecule has 0 saturated carbocycles. The average molecular weight is 440 g/mol. The Balaban J connectivity index is 1.68. The highest BCUT2D eigenvalue weighted by atomic mass is 35.5. The maximum Gasteiger partial charge on any atom is 0.323 e. The fourth-order valence-corrected chi connectivity index (χ4v) is 4.28. The zero-order valence-electron chi connectivity index (χ0n) is 15.3. The van der Waals surface area contributed by atoms with E-state index in [1.54, 1.807) is 12.1 Å². The van der Waals surface area contributed by atoms with Gasteiger partial charge in [-0.1, -0.05) is 23.7 Å². The lowest BCUT2D eigenvalue weighted by Crippen LogP contribution is -2.40. The summed E-state index contributed by atoms with van der Waals surface area (Å²) in [5.41, 5.74) is 0.722. The largest absolute Gasteiger partial charge is 0.379 e. The third-order valence-corrected chi connectivity index (χ3v) is 6.36. The molecular formula is C19H19ClFN3O4S. The van der Waals surface area contributed by atoms with Gasteiger partial charge in [-0.3, -0.25) is 0 Å². The Hall–Kier alpha value is -2.46. The lowest BCUT2D eigenvalue weighted by Gasteiger charge is -2.26. The second-order valence-electron chi connectivity index (χ2n) is 6.14. The van der Waals surface area contributed by atoms with Gasteiger partial charge in [0.1, 0.15) is 5.82 Å². The normalized spacial score (nSPS) is 15.4. The first-order chi connectivity index (χ1) is 13.9. The quantitative estimate of drug-likeness (QED) is 0.748. The van der Waals surface area contributed by atoms with Gasteiger partial charge in [0.15, 0.2) is 0 Å². The number of urea groups is 1. The van der Waals surface area contributed by atoms with Gasteiger partial charge in [-0.05, 0) is 42.0 Å². The molecule has 2 N–H and O–H groups in total. The van der Waals surface area contributed by atoms with Gasteiger partial charge in [-0.15, -0.1) is 0 Å². The Bertz CT molecular complexity index is 1020. The van der Waals surface area contributed by atoms with Crippen LogP contribution in [0.5, 0.6) is 0 Å². The monoisotopic (exact) mass is 439 g/mol. The maximum atomic E-state index is 13.1. The Labute approximate surface area is 173 Å². The number of morpholine rings is 1. The summed E-state index contributed by atoms with van der Waals surface area (Å²) < 4.78 is 45.2. The maximum absolute atomic E-state index is 13.1. The Morgan fingerprint density at radius 3 is 2.66 bits per heavy atom. The van der Waals surface area contributed by atoms with E-state index in [2.05, 4.69) is 10.6 Å². The Morgan fingerprint density at radius 1 is 1.17 bits per heavy atom. The molecule has 0 aliphatic carbocycles. The highest BCUT2D eigenvalue weighted by molar-refractivity contribution is 7.89. The molecule has 0 radical (unpaired) electrons. The van der Waals surface area contributed by atoms with Crippen LogP contribution >= 0.6 is 11.6 Å². The second-order valence-corrected chi connectivity index (χ2v) is 8.49. The minimum atomic E-state index is -3.72. The molecule has 1 heterocycles. The van der Waals surface area contributed by atoms with E-state index >= 15 is 0 Å². The molecule has 0 spiro atoms. The van der Waals surface area contributed by atoms with Crippen molar-refractivity contribution >= 4 is 39.4 Å². The third-order valence-electron chi connectivity index (χ3n) is 4.13. The fourth-order valence-electron chi connectivity index (χ4n) is 2.68. The zero-order chi connectivity index (χ0) is 20.9. The topological polar surface area (TPSA) is 87.7 Å². The van der Waals surface area contributed by atoms with Gasteiger partial charge in [0.05, 0.1) is 28.8 Å². The van der Waals surface area contributed by atoms with Crippen LogP contribution in [-0.4, -0.2) is 45.1 Å².